The topological polar surface area (TPSA) is 66.9 Å². The van der Waals surface area contributed by atoms with Crippen LogP contribution in [0, 0.1) is 5.82 Å². The van der Waals surface area contributed by atoms with Crippen LogP contribution in [0.15, 0.2) is 60.7 Å². The van der Waals surface area contributed by atoms with Gasteiger partial charge in [0.25, 0.3) is 5.91 Å². The van der Waals surface area contributed by atoms with Gasteiger partial charge in [-0.25, -0.2) is 4.39 Å². The van der Waals surface area contributed by atoms with Crippen molar-refractivity contribution in [2.45, 2.75) is 13.1 Å². The Morgan fingerprint density at radius 1 is 0.923 bits per heavy atom. The molecule has 3 aromatic rings. The lowest BCUT2D eigenvalue weighted by Gasteiger charge is -2.08. The second-order valence-corrected chi connectivity index (χ2v) is 5.93. The maximum absolute atomic E-state index is 13.6. The lowest BCUT2D eigenvalue weighted by Crippen LogP contribution is -2.24. The Labute approximate surface area is 155 Å². The van der Waals surface area contributed by atoms with E-state index >= 15 is 0 Å². The monoisotopic (exact) mass is 370 g/mol. The number of hydrogen-bond acceptors (Lipinski definition) is 4. The van der Waals surface area contributed by atoms with Crippen molar-refractivity contribution in [3.8, 4) is 0 Å². The second kappa shape index (κ2) is 8.40. The zero-order chi connectivity index (χ0) is 18.4. The molecule has 2 N–H and O–H groups in total. The highest BCUT2D eigenvalue weighted by Gasteiger charge is 2.09. The number of carbonyl (C=O) groups is 1. The van der Waals surface area contributed by atoms with Crippen LogP contribution in [0.4, 0.5) is 10.2 Å². The minimum atomic E-state index is -0.418. The fourth-order valence-corrected chi connectivity index (χ4v) is 2.49. The molecule has 3 rings (SSSR count). The fraction of sp³-hybridized carbons (Fsp3) is 0.105. The van der Waals surface area contributed by atoms with Gasteiger partial charge in [0.05, 0.1) is 0 Å². The molecule has 0 spiro atoms. The smallest absolute Gasteiger partial charge is 0.272 e. The number of aromatic nitrogens is 2. The maximum atomic E-state index is 13.6. The predicted octanol–water partition coefficient (Wildman–Crippen LogP) is 3.81. The number of nitrogens with one attached hydrogen (secondary N) is 2. The van der Waals surface area contributed by atoms with Crippen molar-refractivity contribution in [2.75, 3.05) is 5.32 Å². The van der Waals surface area contributed by atoms with Gasteiger partial charge in [0.15, 0.2) is 5.69 Å². The minimum Gasteiger partial charge on any atom is -0.364 e. The number of hydrogen-bond donors (Lipinski definition) is 2. The van der Waals surface area contributed by atoms with E-state index in [4.69, 9.17) is 11.6 Å². The molecule has 0 atom stereocenters. The van der Waals surface area contributed by atoms with Crippen molar-refractivity contribution < 1.29 is 9.18 Å². The average Bonchev–Trinajstić information content (AvgIpc) is 2.67. The van der Waals surface area contributed by atoms with Gasteiger partial charge in [0.2, 0.25) is 0 Å². The molecule has 0 aliphatic rings. The van der Waals surface area contributed by atoms with Gasteiger partial charge in [-0.2, -0.15) is 0 Å². The summed E-state index contributed by atoms with van der Waals surface area (Å²) in [7, 11) is 0. The molecule has 26 heavy (non-hydrogen) atoms. The number of nitrogens with zero attached hydrogens (tertiary/aromatic N) is 2. The van der Waals surface area contributed by atoms with Crippen molar-refractivity contribution in [2.24, 2.45) is 0 Å². The summed E-state index contributed by atoms with van der Waals surface area (Å²) in [5.41, 5.74) is 1.50. The van der Waals surface area contributed by atoms with Crippen molar-refractivity contribution in [3.63, 3.8) is 0 Å². The van der Waals surface area contributed by atoms with E-state index in [1.54, 1.807) is 30.3 Å². The Morgan fingerprint density at radius 2 is 1.65 bits per heavy atom. The molecule has 0 radical (unpaired) electrons. The molecule has 0 bridgehead atoms. The highest BCUT2D eigenvalue weighted by molar-refractivity contribution is 6.31. The van der Waals surface area contributed by atoms with Gasteiger partial charge in [0, 0.05) is 23.7 Å². The van der Waals surface area contributed by atoms with E-state index in [2.05, 4.69) is 20.8 Å². The van der Waals surface area contributed by atoms with Gasteiger partial charge in [-0.1, -0.05) is 48.0 Å². The summed E-state index contributed by atoms with van der Waals surface area (Å²) in [4.78, 5) is 12.1. The number of anilines is 1. The second-order valence-electron chi connectivity index (χ2n) is 5.52. The molecule has 132 valence electrons. The molecule has 2 aromatic carbocycles. The Balaban J connectivity index is 1.56. The molecule has 0 fully saturated rings. The Kier molecular flexibility index (Phi) is 5.76. The first-order chi connectivity index (χ1) is 12.6. The van der Waals surface area contributed by atoms with Crippen molar-refractivity contribution in [3.05, 3.63) is 88.3 Å². The standard InChI is InChI=1S/C19H16ClFN4O/c20-15-7-3-1-5-13(15)11-22-18-10-9-17(24-25-18)19(26)23-12-14-6-2-4-8-16(14)21/h1-10H,11-12H2,(H,22,25)(H,23,26). The predicted molar refractivity (Wildman–Crippen MR) is 98.4 cm³/mol. The van der Waals surface area contributed by atoms with Crippen LogP contribution < -0.4 is 10.6 Å². The summed E-state index contributed by atoms with van der Waals surface area (Å²) in [6, 6.07) is 17.0. The summed E-state index contributed by atoms with van der Waals surface area (Å²) in [6.07, 6.45) is 0. The Hall–Kier alpha value is -2.99. The number of amides is 1. The Morgan fingerprint density at radius 3 is 2.35 bits per heavy atom. The van der Waals surface area contributed by atoms with Crippen LogP contribution in [-0.2, 0) is 13.1 Å². The van der Waals surface area contributed by atoms with Gasteiger partial charge in [-0.05, 0) is 29.8 Å². The van der Waals surface area contributed by atoms with Crippen molar-refractivity contribution >= 4 is 23.3 Å². The van der Waals surface area contributed by atoms with Crippen LogP contribution in [0.25, 0.3) is 0 Å². The Bertz CT molecular complexity index is 902. The molecule has 5 nitrogen and oxygen atoms in total. The zero-order valence-corrected chi connectivity index (χ0v) is 14.5. The third kappa shape index (κ3) is 4.55. The van der Waals surface area contributed by atoms with Gasteiger partial charge in [-0.15, -0.1) is 10.2 Å². The molecular weight excluding hydrogens is 355 g/mol. The first-order valence-corrected chi connectivity index (χ1v) is 8.34. The summed E-state index contributed by atoms with van der Waals surface area (Å²) < 4.78 is 13.6. The van der Waals surface area contributed by atoms with Crippen LogP contribution >= 0.6 is 11.6 Å². The van der Waals surface area contributed by atoms with E-state index in [0.717, 1.165) is 5.56 Å². The molecule has 0 aliphatic heterocycles. The number of benzene rings is 2. The molecule has 7 heteroatoms. The quantitative estimate of drug-likeness (QED) is 0.692. The summed E-state index contributed by atoms with van der Waals surface area (Å²) in [5, 5.41) is 14.3. The molecular formula is C19H16ClFN4O. The van der Waals surface area contributed by atoms with E-state index in [1.165, 1.54) is 6.07 Å². The SMILES string of the molecule is O=C(NCc1ccccc1F)c1ccc(NCc2ccccc2Cl)nn1. The molecule has 1 aromatic heterocycles. The average molecular weight is 371 g/mol. The third-order valence-corrected chi connectivity index (χ3v) is 4.08. The van der Waals surface area contributed by atoms with Crippen LogP contribution in [-0.4, -0.2) is 16.1 Å². The highest BCUT2D eigenvalue weighted by atomic mass is 35.5. The minimum absolute atomic E-state index is 0.0830. The van der Waals surface area contributed by atoms with Gasteiger partial charge in [0.1, 0.15) is 11.6 Å². The largest absolute Gasteiger partial charge is 0.364 e. The van der Waals surface area contributed by atoms with Gasteiger partial charge in [-0.3, -0.25) is 4.79 Å². The van der Waals surface area contributed by atoms with E-state index < -0.39 is 5.91 Å². The number of carbonyl (C=O) groups excluding carboxylic acids is 1. The molecule has 0 saturated carbocycles. The molecule has 0 aliphatic carbocycles. The zero-order valence-electron chi connectivity index (χ0n) is 13.7. The van der Waals surface area contributed by atoms with Crippen molar-refractivity contribution in [1.29, 1.82) is 0 Å². The van der Waals surface area contributed by atoms with Crippen LogP contribution in [0.5, 0.6) is 0 Å². The van der Waals surface area contributed by atoms with Gasteiger partial charge >= 0.3 is 0 Å². The lowest BCUT2D eigenvalue weighted by molar-refractivity contribution is 0.0944. The summed E-state index contributed by atoms with van der Waals surface area (Å²) in [5.74, 6) is -0.257. The molecule has 0 saturated heterocycles. The highest BCUT2D eigenvalue weighted by Crippen LogP contribution is 2.16. The molecule has 1 amide bonds. The van der Waals surface area contributed by atoms with E-state index in [0.29, 0.717) is 22.9 Å². The number of rotatable bonds is 6. The maximum Gasteiger partial charge on any atom is 0.272 e. The van der Waals surface area contributed by atoms with Crippen LogP contribution in [0.1, 0.15) is 21.6 Å². The first-order valence-electron chi connectivity index (χ1n) is 7.96. The molecule has 0 unspecified atom stereocenters. The van der Waals surface area contributed by atoms with E-state index in [1.807, 2.05) is 24.3 Å². The van der Waals surface area contributed by atoms with Crippen LogP contribution in [0.2, 0.25) is 5.02 Å². The number of halogens is 2. The molecule has 1 heterocycles. The van der Waals surface area contributed by atoms with E-state index in [9.17, 15) is 9.18 Å². The van der Waals surface area contributed by atoms with E-state index in [-0.39, 0.29) is 18.1 Å². The summed E-state index contributed by atoms with van der Waals surface area (Å²) >= 11 is 6.10. The third-order valence-electron chi connectivity index (χ3n) is 3.71. The lowest BCUT2D eigenvalue weighted by atomic mass is 10.2. The van der Waals surface area contributed by atoms with Crippen molar-refractivity contribution in [1.82, 2.24) is 15.5 Å². The first kappa shape index (κ1) is 17.8. The fourth-order valence-electron chi connectivity index (χ4n) is 2.28. The summed E-state index contributed by atoms with van der Waals surface area (Å²) in [6.45, 7) is 0.576. The van der Waals surface area contributed by atoms with Gasteiger partial charge < -0.3 is 10.6 Å². The normalized spacial score (nSPS) is 10.4. The van der Waals surface area contributed by atoms with Crippen LogP contribution in [0.3, 0.4) is 0 Å².